The van der Waals surface area contributed by atoms with Crippen LogP contribution < -0.4 is 0 Å². The predicted molar refractivity (Wildman–Crippen MR) is 76.7 cm³/mol. The Labute approximate surface area is 123 Å². The van der Waals surface area contributed by atoms with Crippen molar-refractivity contribution in [2.24, 2.45) is 0 Å². The van der Waals surface area contributed by atoms with Crippen LogP contribution in [0.1, 0.15) is 35.8 Å². The van der Waals surface area contributed by atoms with E-state index in [-0.39, 0.29) is 6.23 Å². The van der Waals surface area contributed by atoms with Gasteiger partial charge in [-0.1, -0.05) is 11.6 Å². The number of fused-ring (bicyclic) bond motifs is 1. The number of halogens is 2. The zero-order valence-electron chi connectivity index (χ0n) is 10.1. The van der Waals surface area contributed by atoms with Crippen LogP contribution in [0.15, 0.2) is 16.7 Å². The lowest BCUT2D eigenvalue weighted by atomic mass is 10.1. The molecule has 2 aromatic rings. The Morgan fingerprint density at radius 2 is 2.32 bits per heavy atom. The highest BCUT2D eigenvalue weighted by molar-refractivity contribution is 9.10. The first-order valence-corrected chi connectivity index (χ1v) is 7.32. The molecule has 1 fully saturated rings. The second kappa shape index (κ2) is 5.23. The minimum atomic E-state index is -0.0549. The Morgan fingerprint density at radius 1 is 1.47 bits per heavy atom. The highest BCUT2D eigenvalue weighted by Gasteiger charge is 2.21. The molecule has 0 bridgehead atoms. The van der Waals surface area contributed by atoms with E-state index < -0.39 is 0 Å². The monoisotopic (exact) mass is 342 g/mol. The van der Waals surface area contributed by atoms with Crippen molar-refractivity contribution in [3.05, 3.63) is 27.3 Å². The molecule has 1 atom stereocenters. The Bertz CT molecular complexity index is 635. The van der Waals surface area contributed by atoms with E-state index in [1.165, 1.54) is 0 Å². The summed E-state index contributed by atoms with van der Waals surface area (Å²) in [5.41, 5.74) is 1.35. The van der Waals surface area contributed by atoms with E-state index in [0.29, 0.717) is 15.2 Å². The van der Waals surface area contributed by atoms with E-state index in [1.807, 2.05) is 4.68 Å². The minimum Gasteiger partial charge on any atom is -0.356 e. The topological polar surface area (TPSA) is 44.1 Å². The Morgan fingerprint density at radius 3 is 3.00 bits per heavy atom. The Balaban J connectivity index is 2.15. The molecule has 0 saturated carbocycles. The van der Waals surface area contributed by atoms with E-state index >= 15 is 0 Å². The first-order valence-electron chi connectivity index (χ1n) is 6.15. The summed E-state index contributed by atoms with van der Waals surface area (Å²) in [4.78, 5) is 10.9. The van der Waals surface area contributed by atoms with Crippen molar-refractivity contribution >= 4 is 44.7 Å². The molecule has 1 unspecified atom stereocenters. The van der Waals surface area contributed by atoms with Gasteiger partial charge in [0, 0.05) is 17.6 Å². The van der Waals surface area contributed by atoms with E-state index in [0.717, 1.165) is 43.1 Å². The van der Waals surface area contributed by atoms with Gasteiger partial charge in [-0.3, -0.25) is 4.79 Å². The summed E-state index contributed by atoms with van der Waals surface area (Å²) >= 11 is 9.52. The van der Waals surface area contributed by atoms with Gasteiger partial charge in [0.25, 0.3) is 0 Å². The first kappa shape index (κ1) is 13.1. The van der Waals surface area contributed by atoms with Crippen LogP contribution in [-0.4, -0.2) is 22.7 Å². The third-order valence-electron chi connectivity index (χ3n) is 3.34. The van der Waals surface area contributed by atoms with Gasteiger partial charge >= 0.3 is 0 Å². The van der Waals surface area contributed by atoms with Gasteiger partial charge in [0.2, 0.25) is 0 Å². The molecule has 0 amide bonds. The van der Waals surface area contributed by atoms with Crippen LogP contribution in [0.5, 0.6) is 0 Å². The van der Waals surface area contributed by atoms with Gasteiger partial charge in [-0.25, -0.2) is 4.68 Å². The maximum absolute atomic E-state index is 10.9. The number of hydrogen-bond acceptors (Lipinski definition) is 3. The maximum atomic E-state index is 10.9. The number of carbonyl (C=O) groups excluding carboxylic acids is 1. The van der Waals surface area contributed by atoms with Crippen LogP contribution in [0.4, 0.5) is 0 Å². The van der Waals surface area contributed by atoms with Gasteiger partial charge in [0.05, 0.1) is 10.5 Å². The summed E-state index contributed by atoms with van der Waals surface area (Å²) in [6.07, 6.45) is 3.86. The lowest BCUT2D eigenvalue weighted by Crippen LogP contribution is -2.19. The number of carbonyl (C=O) groups is 1. The summed E-state index contributed by atoms with van der Waals surface area (Å²) < 4.78 is 8.30. The molecule has 1 aliphatic rings. The molecule has 0 N–H and O–H groups in total. The van der Waals surface area contributed by atoms with Gasteiger partial charge in [-0.05, 0) is 47.3 Å². The van der Waals surface area contributed by atoms with Crippen LogP contribution >= 0.6 is 27.5 Å². The second-order valence-corrected chi connectivity index (χ2v) is 5.72. The summed E-state index contributed by atoms with van der Waals surface area (Å²) in [6, 6.07) is 3.53. The van der Waals surface area contributed by atoms with Crippen molar-refractivity contribution in [3.63, 3.8) is 0 Å². The second-order valence-electron chi connectivity index (χ2n) is 4.57. The number of hydrogen-bond donors (Lipinski definition) is 0. The zero-order chi connectivity index (χ0) is 13.4. The van der Waals surface area contributed by atoms with Crippen molar-refractivity contribution in [3.8, 4) is 0 Å². The molecule has 1 aliphatic heterocycles. The third-order valence-corrected chi connectivity index (χ3v) is 4.25. The summed E-state index contributed by atoms with van der Waals surface area (Å²) in [5.74, 6) is 0. The van der Waals surface area contributed by atoms with Crippen molar-refractivity contribution < 1.29 is 9.53 Å². The normalized spacial score (nSPS) is 19.8. The van der Waals surface area contributed by atoms with Crippen molar-refractivity contribution in [2.75, 3.05) is 6.61 Å². The van der Waals surface area contributed by atoms with Gasteiger partial charge in [-0.15, -0.1) is 0 Å². The van der Waals surface area contributed by atoms with Gasteiger partial charge in [0.1, 0.15) is 4.60 Å². The molecule has 1 saturated heterocycles. The van der Waals surface area contributed by atoms with E-state index in [9.17, 15) is 4.79 Å². The fraction of sp³-hybridized carbons (Fsp3) is 0.385. The Hall–Kier alpha value is -0.910. The quantitative estimate of drug-likeness (QED) is 0.775. The molecule has 2 heterocycles. The van der Waals surface area contributed by atoms with Gasteiger partial charge in [-0.2, -0.15) is 5.10 Å². The average molecular weight is 344 g/mol. The van der Waals surface area contributed by atoms with E-state index in [4.69, 9.17) is 16.3 Å². The zero-order valence-corrected chi connectivity index (χ0v) is 12.4. The largest absolute Gasteiger partial charge is 0.356 e. The smallest absolute Gasteiger partial charge is 0.151 e. The molecule has 6 heteroatoms. The predicted octanol–water partition coefficient (Wildman–Crippen LogP) is 3.96. The van der Waals surface area contributed by atoms with Crippen molar-refractivity contribution in [1.82, 2.24) is 9.78 Å². The van der Waals surface area contributed by atoms with Gasteiger partial charge in [0.15, 0.2) is 12.5 Å². The standard InChI is InChI=1S/C13H12BrClN2O2/c14-13-9-5-8(7-18)10(15)6-11(9)17(16-13)12-3-1-2-4-19-12/h5-7,12H,1-4H2. The Kier molecular flexibility index (Phi) is 3.60. The molecule has 3 rings (SSSR count). The van der Waals surface area contributed by atoms with Crippen LogP contribution in [0, 0.1) is 0 Å². The molecule has 19 heavy (non-hydrogen) atoms. The number of benzene rings is 1. The highest BCUT2D eigenvalue weighted by atomic mass is 79.9. The third kappa shape index (κ3) is 2.30. The van der Waals surface area contributed by atoms with Crippen molar-refractivity contribution in [2.45, 2.75) is 25.5 Å². The number of nitrogens with zero attached hydrogens (tertiary/aromatic N) is 2. The SMILES string of the molecule is O=Cc1cc2c(Br)nn(C3CCCCO3)c2cc1Cl. The molecule has 1 aromatic carbocycles. The fourth-order valence-electron chi connectivity index (χ4n) is 2.36. The van der Waals surface area contributed by atoms with E-state index in [2.05, 4.69) is 21.0 Å². The molecule has 4 nitrogen and oxygen atoms in total. The maximum Gasteiger partial charge on any atom is 0.151 e. The molecular weight excluding hydrogens is 332 g/mol. The number of aromatic nitrogens is 2. The fourth-order valence-corrected chi connectivity index (χ4v) is 3.05. The highest BCUT2D eigenvalue weighted by Crippen LogP contribution is 2.33. The molecule has 100 valence electrons. The van der Waals surface area contributed by atoms with Crippen LogP contribution in [0.3, 0.4) is 0 Å². The molecule has 1 aromatic heterocycles. The van der Waals surface area contributed by atoms with Crippen LogP contribution in [0.2, 0.25) is 5.02 Å². The van der Waals surface area contributed by atoms with E-state index in [1.54, 1.807) is 12.1 Å². The molecular formula is C13H12BrClN2O2. The number of aldehydes is 1. The van der Waals surface area contributed by atoms with Gasteiger partial charge < -0.3 is 4.74 Å². The summed E-state index contributed by atoms with van der Waals surface area (Å²) in [5, 5.41) is 5.78. The summed E-state index contributed by atoms with van der Waals surface area (Å²) in [6.45, 7) is 0.754. The molecule has 0 aliphatic carbocycles. The van der Waals surface area contributed by atoms with Crippen LogP contribution in [-0.2, 0) is 4.74 Å². The van der Waals surface area contributed by atoms with Crippen LogP contribution in [0.25, 0.3) is 10.9 Å². The number of rotatable bonds is 2. The lowest BCUT2D eigenvalue weighted by Gasteiger charge is -2.23. The molecule has 0 radical (unpaired) electrons. The molecule has 0 spiro atoms. The first-order chi connectivity index (χ1) is 9.20. The minimum absolute atomic E-state index is 0.0549. The number of ether oxygens (including phenoxy) is 1. The average Bonchev–Trinajstić information content (AvgIpc) is 2.75. The van der Waals surface area contributed by atoms with Crippen molar-refractivity contribution in [1.29, 1.82) is 0 Å². The lowest BCUT2D eigenvalue weighted by molar-refractivity contribution is -0.0368. The summed E-state index contributed by atoms with van der Waals surface area (Å²) in [7, 11) is 0.